The zero-order chi connectivity index (χ0) is 15.1. The fourth-order valence-electron chi connectivity index (χ4n) is 1.43. The topological polar surface area (TPSA) is 152 Å². The summed E-state index contributed by atoms with van der Waals surface area (Å²) in [6.45, 7) is 0.251. The van der Waals surface area contributed by atoms with E-state index >= 15 is 0 Å². The SMILES string of the molecule is Cn1cnnc1CCNC(=O)NC(CC(N)=O)C(=O)O. The Kier molecular flexibility index (Phi) is 5.44. The van der Waals surface area contributed by atoms with Crippen molar-refractivity contribution in [2.75, 3.05) is 6.54 Å². The zero-order valence-corrected chi connectivity index (χ0v) is 10.9. The molecule has 20 heavy (non-hydrogen) atoms. The summed E-state index contributed by atoms with van der Waals surface area (Å²) in [5.74, 6) is -1.46. The summed E-state index contributed by atoms with van der Waals surface area (Å²) in [5, 5.41) is 20.9. The van der Waals surface area contributed by atoms with Gasteiger partial charge in [0.05, 0.1) is 6.42 Å². The van der Waals surface area contributed by atoms with Crippen LogP contribution >= 0.6 is 0 Å². The normalized spacial score (nSPS) is 11.7. The van der Waals surface area contributed by atoms with Crippen molar-refractivity contribution >= 4 is 17.9 Å². The second-order valence-corrected chi connectivity index (χ2v) is 4.07. The van der Waals surface area contributed by atoms with Crippen LogP contribution in [0, 0.1) is 0 Å². The Morgan fingerprint density at radius 1 is 1.50 bits per heavy atom. The number of nitrogens with one attached hydrogen (secondary N) is 2. The van der Waals surface area contributed by atoms with Gasteiger partial charge in [0.1, 0.15) is 18.2 Å². The minimum absolute atomic E-state index is 0.251. The first-order valence-electron chi connectivity index (χ1n) is 5.78. The van der Waals surface area contributed by atoms with Crippen LogP contribution in [-0.2, 0) is 23.1 Å². The summed E-state index contributed by atoms with van der Waals surface area (Å²) >= 11 is 0. The maximum atomic E-state index is 11.5. The minimum atomic E-state index is -1.35. The number of aryl methyl sites for hydroxylation is 1. The van der Waals surface area contributed by atoms with E-state index in [0.29, 0.717) is 12.2 Å². The van der Waals surface area contributed by atoms with Crippen molar-refractivity contribution in [3.63, 3.8) is 0 Å². The summed E-state index contributed by atoms with van der Waals surface area (Å²) < 4.78 is 1.70. The molecule has 0 radical (unpaired) electrons. The number of carboxylic acid groups (broad SMARTS) is 1. The molecule has 0 fully saturated rings. The highest BCUT2D eigenvalue weighted by Gasteiger charge is 2.21. The number of aromatic nitrogens is 3. The van der Waals surface area contributed by atoms with Crippen LogP contribution in [0.3, 0.4) is 0 Å². The van der Waals surface area contributed by atoms with Gasteiger partial charge in [0.2, 0.25) is 5.91 Å². The Balaban J connectivity index is 2.36. The molecule has 0 saturated heterocycles. The second kappa shape index (κ2) is 7.07. The van der Waals surface area contributed by atoms with Crippen molar-refractivity contribution in [1.29, 1.82) is 0 Å². The Hall–Kier alpha value is -2.65. The number of carbonyl (C=O) groups is 3. The van der Waals surface area contributed by atoms with Crippen LogP contribution in [0.1, 0.15) is 12.2 Å². The molecule has 110 valence electrons. The van der Waals surface area contributed by atoms with Crippen LogP contribution in [0.5, 0.6) is 0 Å². The molecule has 1 aromatic rings. The van der Waals surface area contributed by atoms with Gasteiger partial charge in [-0.25, -0.2) is 9.59 Å². The van der Waals surface area contributed by atoms with E-state index in [4.69, 9.17) is 10.8 Å². The number of hydrogen-bond donors (Lipinski definition) is 4. The van der Waals surface area contributed by atoms with E-state index in [1.54, 1.807) is 11.6 Å². The summed E-state index contributed by atoms with van der Waals surface area (Å²) in [6.07, 6.45) is 1.51. The largest absolute Gasteiger partial charge is 0.480 e. The number of carboxylic acids is 1. The molecule has 0 bridgehead atoms. The fourth-order valence-corrected chi connectivity index (χ4v) is 1.43. The minimum Gasteiger partial charge on any atom is -0.480 e. The van der Waals surface area contributed by atoms with Crippen LogP contribution in [0.15, 0.2) is 6.33 Å². The third-order valence-corrected chi connectivity index (χ3v) is 2.45. The molecular formula is C10H16N6O4. The number of nitrogens with two attached hydrogens (primary N) is 1. The van der Waals surface area contributed by atoms with Crippen LogP contribution in [0.25, 0.3) is 0 Å². The maximum absolute atomic E-state index is 11.5. The lowest BCUT2D eigenvalue weighted by Gasteiger charge is -2.13. The molecule has 10 nitrogen and oxygen atoms in total. The molecule has 0 aliphatic carbocycles. The first-order chi connectivity index (χ1) is 9.40. The highest BCUT2D eigenvalue weighted by Crippen LogP contribution is 1.93. The van der Waals surface area contributed by atoms with Crippen LogP contribution < -0.4 is 16.4 Å². The predicted octanol–water partition coefficient (Wildman–Crippen LogP) is -2.01. The maximum Gasteiger partial charge on any atom is 0.326 e. The number of rotatable bonds is 7. The van der Waals surface area contributed by atoms with E-state index in [1.165, 1.54) is 6.33 Å². The lowest BCUT2D eigenvalue weighted by molar-refractivity contribution is -0.140. The Morgan fingerprint density at radius 3 is 2.70 bits per heavy atom. The molecule has 3 amide bonds. The van der Waals surface area contributed by atoms with E-state index in [2.05, 4.69) is 20.8 Å². The van der Waals surface area contributed by atoms with Gasteiger partial charge in [-0.05, 0) is 0 Å². The van der Waals surface area contributed by atoms with Gasteiger partial charge in [-0.1, -0.05) is 0 Å². The quantitative estimate of drug-likeness (QED) is 0.453. The van der Waals surface area contributed by atoms with Gasteiger partial charge < -0.3 is 26.0 Å². The van der Waals surface area contributed by atoms with Crippen molar-refractivity contribution in [1.82, 2.24) is 25.4 Å². The second-order valence-electron chi connectivity index (χ2n) is 4.07. The zero-order valence-electron chi connectivity index (χ0n) is 10.9. The van der Waals surface area contributed by atoms with Crippen molar-refractivity contribution < 1.29 is 19.5 Å². The number of primary amides is 1. The van der Waals surface area contributed by atoms with Gasteiger partial charge in [-0.3, -0.25) is 4.79 Å². The molecule has 1 atom stereocenters. The lowest BCUT2D eigenvalue weighted by Crippen LogP contribution is -2.48. The van der Waals surface area contributed by atoms with Gasteiger partial charge in [-0.2, -0.15) is 0 Å². The molecule has 1 rings (SSSR count). The Morgan fingerprint density at radius 2 is 2.20 bits per heavy atom. The van der Waals surface area contributed by atoms with Crippen LogP contribution in [0.4, 0.5) is 4.79 Å². The summed E-state index contributed by atoms with van der Waals surface area (Å²) in [4.78, 5) is 32.9. The third kappa shape index (κ3) is 4.92. The molecule has 1 heterocycles. The number of aliphatic carboxylic acids is 1. The molecule has 0 aromatic carbocycles. The Bertz CT molecular complexity index is 500. The number of hydrogen-bond acceptors (Lipinski definition) is 5. The average Bonchev–Trinajstić information content (AvgIpc) is 2.73. The standard InChI is InChI=1S/C10H16N6O4/c1-16-5-13-15-8(16)2-3-12-10(20)14-6(9(18)19)4-7(11)17/h5-6H,2-4H2,1H3,(H2,11,17)(H,18,19)(H2,12,14,20). The summed E-state index contributed by atoms with van der Waals surface area (Å²) in [6, 6.07) is -2.04. The summed E-state index contributed by atoms with van der Waals surface area (Å²) in [5.41, 5.74) is 4.90. The molecule has 1 unspecified atom stereocenters. The highest BCUT2D eigenvalue weighted by molar-refractivity contribution is 5.87. The first kappa shape index (κ1) is 15.4. The summed E-state index contributed by atoms with van der Waals surface area (Å²) in [7, 11) is 1.77. The number of carbonyl (C=O) groups excluding carboxylic acids is 2. The Labute approximate surface area is 114 Å². The van der Waals surface area contributed by atoms with E-state index in [9.17, 15) is 14.4 Å². The van der Waals surface area contributed by atoms with E-state index in [0.717, 1.165) is 0 Å². The number of nitrogens with zero attached hydrogens (tertiary/aromatic N) is 3. The van der Waals surface area contributed by atoms with Gasteiger partial charge in [0.15, 0.2) is 0 Å². The van der Waals surface area contributed by atoms with Crippen molar-refractivity contribution in [3.8, 4) is 0 Å². The van der Waals surface area contributed by atoms with E-state index in [1.807, 2.05) is 0 Å². The van der Waals surface area contributed by atoms with Crippen molar-refractivity contribution in [2.45, 2.75) is 18.9 Å². The average molecular weight is 284 g/mol. The van der Waals surface area contributed by atoms with E-state index in [-0.39, 0.29) is 6.54 Å². The fraction of sp³-hybridized carbons (Fsp3) is 0.500. The molecule has 0 spiro atoms. The molecule has 1 aromatic heterocycles. The van der Waals surface area contributed by atoms with Gasteiger partial charge >= 0.3 is 12.0 Å². The molecule has 5 N–H and O–H groups in total. The molecule has 0 aliphatic rings. The highest BCUT2D eigenvalue weighted by atomic mass is 16.4. The van der Waals surface area contributed by atoms with Crippen LogP contribution in [-0.4, -0.2) is 50.4 Å². The van der Waals surface area contributed by atoms with E-state index < -0.39 is 30.4 Å². The van der Waals surface area contributed by atoms with Gasteiger partial charge in [-0.15, -0.1) is 10.2 Å². The van der Waals surface area contributed by atoms with Crippen molar-refractivity contribution in [2.24, 2.45) is 12.8 Å². The smallest absolute Gasteiger partial charge is 0.326 e. The molecule has 0 saturated carbocycles. The monoisotopic (exact) mass is 284 g/mol. The third-order valence-electron chi connectivity index (χ3n) is 2.45. The predicted molar refractivity (Wildman–Crippen MR) is 66.5 cm³/mol. The number of amides is 3. The van der Waals surface area contributed by atoms with Gasteiger partial charge in [0.25, 0.3) is 0 Å². The van der Waals surface area contributed by atoms with Crippen LogP contribution in [0.2, 0.25) is 0 Å². The van der Waals surface area contributed by atoms with Gasteiger partial charge in [0, 0.05) is 20.0 Å². The van der Waals surface area contributed by atoms with Crippen molar-refractivity contribution in [3.05, 3.63) is 12.2 Å². The molecule has 0 aliphatic heterocycles. The lowest BCUT2D eigenvalue weighted by atomic mass is 10.2. The first-order valence-corrected chi connectivity index (χ1v) is 5.78. The number of urea groups is 1. The molecule has 10 heteroatoms. The molecular weight excluding hydrogens is 268 g/mol.